The average molecular weight is 312 g/mol. The minimum Gasteiger partial charge on any atom is -0.359 e. The summed E-state index contributed by atoms with van der Waals surface area (Å²) >= 11 is 0. The van der Waals surface area contributed by atoms with E-state index in [4.69, 9.17) is 0 Å². The molecule has 0 saturated carbocycles. The zero-order valence-electron chi connectivity index (χ0n) is 12.5. The summed E-state index contributed by atoms with van der Waals surface area (Å²) in [5.74, 6) is 0.185. The zero-order valence-corrected chi connectivity index (χ0v) is 12.5. The molecule has 2 amide bonds. The molecule has 0 spiro atoms. The van der Waals surface area contributed by atoms with Crippen molar-refractivity contribution in [2.75, 3.05) is 21.1 Å². The molecule has 6 heteroatoms. The highest BCUT2D eigenvalue weighted by Crippen LogP contribution is 1.68. The molecule has 0 aromatic heterocycles. The number of aldehydes is 1. The van der Waals surface area contributed by atoms with Crippen LogP contribution in [0, 0.1) is 0 Å². The number of amides is 2. The number of carbonyl (C=O) groups is 3. The fourth-order valence-corrected chi connectivity index (χ4v) is 0.354. The molecule has 0 saturated heterocycles. The lowest BCUT2D eigenvalue weighted by molar-refractivity contribution is -0.121. The van der Waals surface area contributed by atoms with Crippen molar-refractivity contribution in [3.05, 3.63) is 0 Å². The van der Waals surface area contributed by atoms with Crippen LogP contribution in [0.5, 0.6) is 0 Å². The van der Waals surface area contributed by atoms with Gasteiger partial charge < -0.3 is 21.2 Å². The Morgan fingerprint density at radius 3 is 1.05 bits per heavy atom. The third-order valence-electron chi connectivity index (χ3n) is 1.37. The van der Waals surface area contributed by atoms with Crippen LogP contribution in [0.3, 0.4) is 0 Å². The molecule has 0 bridgehead atoms. The standard InChI is InChI=1S/2C4H9NO.C3H6O.CH5N.3CH4/c2*1-3-4(6)5-2;1-2-3-4;1-2;;;/h2*3H2,1-2H3,(H,5,6);3H,2H2,1H3;2H2,1H3;3*1H4. The van der Waals surface area contributed by atoms with E-state index in [-0.39, 0.29) is 34.1 Å². The molecule has 0 unspecified atom stereocenters. The predicted octanol–water partition coefficient (Wildman–Crippen LogP) is 2.36. The van der Waals surface area contributed by atoms with Gasteiger partial charge in [-0.15, -0.1) is 0 Å². The van der Waals surface area contributed by atoms with Crippen molar-refractivity contribution in [2.24, 2.45) is 5.73 Å². The van der Waals surface area contributed by atoms with Gasteiger partial charge in [0.1, 0.15) is 6.29 Å². The Bertz CT molecular complexity index is 159. The zero-order chi connectivity index (χ0) is 15.4. The van der Waals surface area contributed by atoms with Crippen LogP contribution in [0.25, 0.3) is 0 Å². The molecule has 6 nitrogen and oxygen atoms in total. The number of rotatable bonds is 3. The maximum absolute atomic E-state index is 10.1. The summed E-state index contributed by atoms with van der Waals surface area (Å²) in [7, 11) is 4.76. The Balaban J connectivity index is -0.0000000251. The molecule has 134 valence electrons. The minimum absolute atomic E-state index is 0. The molecular weight excluding hydrogens is 270 g/mol. The molecule has 0 aromatic rings. The number of hydrogen-bond acceptors (Lipinski definition) is 4. The van der Waals surface area contributed by atoms with Crippen molar-refractivity contribution in [3.8, 4) is 0 Å². The van der Waals surface area contributed by atoms with Crippen LogP contribution in [0.15, 0.2) is 0 Å². The summed E-state index contributed by atoms with van der Waals surface area (Å²) in [6.45, 7) is 5.45. The smallest absolute Gasteiger partial charge is 0.219 e. The normalized spacial score (nSPS) is 5.86. The van der Waals surface area contributed by atoms with E-state index in [0.717, 1.165) is 6.29 Å². The number of nitrogens with two attached hydrogens (primary N) is 1. The number of nitrogens with one attached hydrogen (secondary N) is 2. The third-order valence-corrected chi connectivity index (χ3v) is 1.37. The predicted molar refractivity (Wildman–Crippen MR) is 95.4 cm³/mol. The molecule has 21 heavy (non-hydrogen) atoms. The molecule has 0 aliphatic heterocycles. The first-order valence-electron chi connectivity index (χ1n) is 5.96. The molecule has 0 heterocycles. The van der Waals surface area contributed by atoms with Gasteiger partial charge in [-0.05, 0) is 7.05 Å². The first-order valence-corrected chi connectivity index (χ1v) is 5.96. The first-order chi connectivity index (χ1) is 8.53. The quantitative estimate of drug-likeness (QED) is 0.696. The number of hydrogen-bond donors (Lipinski definition) is 3. The maximum Gasteiger partial charge on any atom is 0.219 e. The van der Waals surface area contributed by atoms with E-state index in [1.807, 2.05) is 20.8 Å². The Hall–Kier alpha value is -1.43. The molecule has 0 atom stereocenters. The van der Waals surface area contributed by atoms with Crippen LogP contribution < -0.4 is 16.4 Å². The van der Waals surface area contributed by atoms with Crippen molar-refractivity contribution in [3.63, 3.8) is 0 Å². The van der Waals surface area contributed by atoms with Crippen LogP contribution >= 0.6 is 0 Å². The molecule has 0 rings (SSSR count). The molecule has 0 aliphatic rings. The van der Waals surface area contributed by atoms with Gasteiger partial charge in [-0.2, -0.15) is 0 Å². The Labute approximate surface area is 133 Å². The molecular formula is C15H41N3O3. The largest absolute Gasteiger partial charge is 0.359 e. The first kappa shape index (κ1) is 42.7. The molecule has 0 aliphatic carbocycles. The summed E-state index contributed by atoms with van der Waals surface area (Å²) in [6, 6.07) is 0. The van der Waals surface area contributed by atoms with Crippen LogP contribution in [-0.4, -0.2) is 39.2 Å². The lowest BCUT2D eigenvalue weighted by atomic mass is 10.5. The van der Waals surface area contributed by atoms with Gasteiger partial charge in [-0.25, -0.2) is 0 Å². The van der Waals surface area contributed by atoms with Gasteiger partial charge in [0.25, 0.3) is 0 Å². The Morgan fingerprint density at radius 1 is 0.857 bits per heavy atom. The maximum atomic E-state index is 10.1. The summed E-state index contributed by atoms with van der Waals surface area (Å²) in [6.07, 6.45) is 2.67. The SMILES string of the molecule is C.C.C.CCC(=O)NC.CCC(=O)NC.CCC=O.CN. The fraction of sp³-hybridized carbons (Fsp3) is 0.800. The Kier molecular flexibility index (Phi) is 104. The van der Waals surface area contributed by atoms with Gasteiger partial charge in [-0.1, -0.05) is 43.1 Å². The summed E-state index contributed by atoms with van der Waals surface area (Å²) < 4.78 is 0. The van der Waals surface area contributed by atoms with Crippen LogP contribution in [0.1, 0.15) is 62.3 Å². The second-order valence-electron chi connectivity index (χ2n) is 2.63. The molecule has 0 aromatic carbocycles. The lowest BCUT2D eigenvalue weighted by Gasteiger charge is -1.87. The fourth-order valence-electron chi connectivity index (χ4n) is 0.354. The van der Waals surface area contributed by atoms with E-state index >= 15 is 0 Å². The van der Waals surface area contributed by atoms with Crippen LogP contribution in [0.4, 0.5) is 0 Å². The highest BCUT2D eigenvalue weighted by atomic mass is 16.2. The molecule has 0 fully saturated rings. The van der Waals surface area contributed by atoms with Crippen molar-refractivity contribution < 1.29 is 14.4 Å². The highest BCUT2D eigenvalue weighted by molar-refractivity contribution is 5.75. The van der Waals surface area contributed by atoms with E-state index in [1.54, 1.807) is 14.1 Å². The van der Waals surface area contributed by atoms with E-state index in [2.05, 4.69) is 16.4 Å². The van der Waals surface area contributed by atoms with Crippen molar-refractivity contribution in [1.29, 1.82) is 0 Å². The van der Waals surface area contributed by atoms with Gasteiger partial charge >= 0.3 is 0 Å². The second kappa shape index (κ2) is 51.3. The van der Waals surface area contributed by atoms with E-state index in [1.165, 1.54) is 7.05 Å². The van der Waals surface area contributed by atoms with E-state index in [0.29, 0.717) is 19.3 Å². The molecule has 0 radical (unpaired) electrons. The topological polar surface area (TPSA) is 101 Å². The molecule has 4 N–H and O–H groups in total. The van der Waals surface area contributed by atoms with E-state index < -0.39 is 0 Å². The van der Waals surface area contributed by atoms with Crippen molar-refractivity contribution >= 4 is 18.1 Å². The summed E-state index contributed by atoms with van der Waals surface area (Å²) in [5, 5.41) is 4.95. The van der Waals surface area contributed by atoms with Gasteiger partial charge in [0.2, 0.25) is 11.8 Å². The van der Waals surface area contributed by atoms with E-state index in [9.17, 15) is 14.4 Å². The third kappa shape index (κ3) is 89.0. The van der Waals surface area contributed by atoms with Gasteiger partial charge in [0.15, 0.2) is 0 Å². The highest BCUT2D eigenvalue weighted by Gasteiger charge is 1.85. The van der Waals surface area contributed by atoms with Crippen molar-refractivity contribution in [1.82, 2.24) is 10.6 Å². The average Bonchev–Trinajstić information content (AvgIpc) is 2.48. The summed E-state index contributed by atoms with van der Waals surface area (Å²) in [5.41, 5.74) is 4.50. The van der Waals surface area contributed by atoms with Crippen LogP contribution in [0.2, 0.25) is 0 Å². The second-order valence-corrected chi connectivity index (χ2v) is 2.63. The van der Waals surface area contributed by atoms with Crippen LogP contribution in [-0.2, 0) is 14.4 Å². The van der Waals surface area contributed by atoms with Gasteiger partial charge in [0, 0.05) is 33.4 Å². The Morgan fingerprint density at radius 2 is 1.05 bits per heavy atom. The number of carbonyl (C=O) groups excluding carboxylic acids is 3. The van der Waals surface area contributed by atoms with Gasteiger partial charge in [-0.3, -0.25) is 9.59 Å². The van der Waals surface area contributed by atoms with Crippen molar-refractivity contribution in [2.45, 2.75) is 62.3 Å². The van der Waals surface area contributed by atoms with Gasteiger partial charge in [0.05, 0.1) is 0 Å². The lowest BCUT2D eigenvalue weighted by Crippen LogP contribution is -2.15. The monoisotopic (exact) mass is 311 g/mol. The minimum atomic E-state index is 0. The summed E-state index contributed by atoms with van der Waals surface area (Å²) in [4.78, 5) is 29.3.